The van der Waals surface area contributed by atoms with Crippen LogP contribution in [0.2, 0.25) is 0 Å². The first kappa shape index (κ1) is 13.1. The summed E-state index contributed by atoms with van der Waals surface area (Å²) in [6.45, 7) is 3.83. The maximum absolute atomic E-state index is 5.78. The highest BCUT2D eigenvalue weighted by Gasteiger charge is 2.15. The van der Waals surface area contributed by atoms with Crippen molar-refractivity contribution in [3.8, 4) is 5.75 Å². The molecule has 0 spiro atoms. The van der Waals surface area contributed by atoms with Crippen LogP contribution in [0.25, 0.3) is 0 Å². The van der Waals surface area contributed by atoms with E-state index >= 15 is 0 Å². The molecule has 1 aliphatic heterocycles. The zero-order valence-electron chi connectivity index (χ0n) is 11.5. The first-order chi connectivity index (χ1) is 9.85. The molecule has 0 saturated carbocycles. The summed E-state index contributed by atoms with van der Waals surface area (Å²) >= 11 is 0. The van der Waals surface area contributed by atoms with E-state index in [4.69, 9.17) is 10.5 Å². The number of ether oxygens (including phenoxy) is 1. The van der Waals surface area contributed by atoms with Gasteiger partial charge in [0.05, 0.1) is 11.4 Å². The van der Waals surface area contributed by atoms with E-state index in [0.29, 0.717) is 13.2 Å². The lowest BCUT2D eigenvalue weighted by molar-refractivity contribution is 0.217. The normalized spacial score (nSPS) is 15.2. The Kier molecular flexibility index (Phi) is 3.95. The Morgan fingerprint density at radius 1 is 1.10 bits per heavy atom. The van der Waals surface area contributed by atoms with Crippen molar-refractivity contribution in [3.05, 3.63) is 59.4 Å². The second kappa shape index (κ2) is 6.03. The summed E-state index contributed by atoms with van der Waals surface area (Å²) in [5.41, 5.74) is 8.88. The van der Waals surface area contributed by atoms with Crippen LogP contribution in [0.5, 0.6) is 5.75 Å². The molecule has 2 heterocycles. The minimum atomic E-state index is 0.486. The van der Waals surface area contributed by atoms with E-state index in [1.54, 1.807) is 0 Å². The highest BCUT2D eigenvalue weighted by molar-refractivity contribution is 5.33. The minimum Gasteiger partial charge on any atom is -0.492 e. The van der Waals surface area contributed by atoms with Crippen molar-refractivity contribution in [1.82, 2.24) is 9.88 Å². The van der Waals surface area contributed by atoms with Crippen LogP contribution in [-0.4, -0.2) is 23.0 Å². The van der Waals surface area contributed by atoms with Crippen LogP contribution in [0, 0.1) is 0 Å². The molecule has 1 aromatic heterocycles. The van der Waals surface area contributed by atoms with Gasteiger partial charge >= 0.3 is 0 Å². The van der Waals surface area contributed by atoms with Crippen LogP contribution in [0.1, 0.15) is 17.0 Å². The van der Waals surface area contributed by atoms with Crippen LogP contribution >= 0.6 is 0 Å². The monoisotopic (exact) mass is 269 g/mol. The number of nitrogens with zero attached hydrogens (tertiary/aromatic N) is 2. The number of benzene rings is 1. The Morgan fingerprint density at radius 3 is 2.85 bits per heavy atom. The van der Waals surface area contributed by atoms with E-state index in [1.165, 1.54) is 5.56 Å². The second-order valence-electron chi connectivity index (χ2n) is 4.99. The molecule has 0 saturated heterocycles. The molecule has 0 amide bonds. The molecule has 0 aliphatic carbocycles. The third-order valence-corrected chi connectivity index (χ3v) is 3.49. The molecule has 1 aliphatic rings. The van der Waals surface area contributed by atoms with Crippen molar-refractivity contribution >= 4 is 0 Å². The molecule has 2 aromatic rings. The first-order valence-electron chi connectivity index (χ1n) is 6.93. The van der Waals surface area contributed by atoms with Gasteiger partial charge < -0.3 is 10.5 Å². The van der Waals surface area contributed by atoms with E-state index < -0.39 is 0 Å². The Bertz CT molecular complexity index is 585. The van der Waals surface area contributed by atoms with Crippen molar-refractivity contribution in [2.75, 3.05) is 13.2 Å². The number of fused-ring (bicyclic) bond motifs is 1. The molecule has 0 fully saturated rings. The van der Waals surface area contributed by atoms with E-state index in [-0.39, 0.29) is 0 Å². The third kappa shape index (κ3) is 2.98. The predicted molar refractivity (Wildman–Crippen MR) is 78.2 cm³/mol. The molecule has 0 atom stereocenters. The lowest BCUT2D eigenvalue weighted by Crippen LogP contribution is -2.25. The number of rotatable bonds is 3. The van der Waals surface area contributed by atoms with Crippen molar-refractivity contribution in [2.24, 2.45) is 5.73 Å². The lowest BCUT2D eigenvalue weighted by Gasteiger charge is -2.19. The quantitative estimate of drug-likeness (QED) is 0.925. The SMILES string of the molecule is NCc1cccc(CN2CCOc3ccccc3C2)n1. The standard InChI is InChI=1S/C16H19N3O/c17-10-14-5-3-6-15(18-14)12-19-8-9-20-16-7-2-1-4-13(16)11-19/h1-7H,8-12,17H2. The number of hydrogen-bond donors (Lipinski definition) is 1. The summed E-state index contributed by atoms with van der Waals surface area (Å²) in [7, 11) is 0. The molecule has 1 aromatic carbocycles. The van der Waals surface area contributed by atoms with Gasteiger partial charge in [0, 0.05) is 31.7 Å². The molecular formula is C16H19N3O. The Labute approximate surface area is 119 Å². The highest BCUT2D eigenvalue weighted by atomic mass is 16.5. The summed E-state index contributed by atoms with van der Waals surface area (Å²) in [5.74, 6) is 0.999. The fourth-order valence-electron chi connectivity index (χ4n) is 2.47. The zero-order valence-corrected chi connectivity index (χ0v) is 11.5. The van der Waals surface area contributed by atoms with Crippen LogP contribution in [0.4, 0.5) is 0 Å². The van der Waals surface area contributed by atoms with E-state index in [2.05, 4.69) is 28.1 Å². The van der Waals surface area contributed by atoms with Crippen molar-refractivity contribution in [2.45, 2.75) is 19.6 Å². The predicted octanol–water partition coefficient (Wildman–Crippen LogP) is 1.93. The van der Waals surface area contributed by atoms with Crippen molar-refractivity contribution in [1.29, 1.82) is 0 Å². The van der Waals surface area contributed by atoms with Gasteiger partial charge in [0.15, 0.2) is 0 Å². The van der Waals surface area contributed by atoms with Gasteiger partial charge in [0.25, 0.3) is 0 Å². The minimum absolute atomic E-state index is 0.486. The molecule has 0 bridgehead atoms. The van der Waals surface area contributed by atoms with Gasteiger partial charge in [-0.3, -0.25) is 9.88 Å². The average molecular weight is 269 g/mol. The molecule has 0 unspecified atom stereocenters. The second-order valence-corrected chi connectivity index (χ2v) is 4.99. The summed E-state index contributed by atoms with van der Waals surface area (Å²) in [4.78, 5) is 6.92. The number of hydrogen-bond acceptors (Lipinski definition) is 4. The molecule has 4 heteroatoms. The molecule has 4 nitrogen and oxygen atoms in total. The summed E-state index contributed by atoms with van der Waals surface area (Å²) in [6.07, 6.45) is 0. The maximum Gasteiger partial charge on any atom is 0.123 e. The van der Waals surface area contributed by atoms with Gasteiger partial charge in [-0.15, -0.1) is 0 Å². The van der Waals surface area contributed by atoms with Gasteiger partial charge in [-0.2, -0.15) is 0 Å². The number of aromatic nitrogens is 1. The van der Waals surface area contributed by atoms with Crippen molar-refractivity contribution < 1.29 is 4.74 Å². The number of pyridine rings is 1. The molecule has 20 heavy (non-hydrogen) atoms. The van der Waals surface area contributed by atoms with E-state index in [1.807, 2.05) is 24.3 Å². The summed E-state index contributed by atoms with van der Waals surface area (Å²) in [5, 5.41) is 0. The average Bonchev–Trinajstić information content (AvgIpc) is 2.69. The molecule has 104 valence electrons. The Hall–Kier alpha value is -1.91. The lowest BCUT2D eigenvalue weighted by atomic mass is 10.2. The number of para-hydroxylation sites is 1. The molecular weight excluding hydrogens is 250 g/mol. The first-order valence-corrected chi connectivity index (χ1v) is 6.93. The zero-order chi connectivity index (χ0) is 13.8. The summed E-state index contributed by atoms with van der Waals surface area (Å²) in [6, 6.07) is 14.3. The topological polar surface area (TPSA) is 51.4 Å². The number of nitrogens with two attached hydrogens (primary N) is 1. The Balaban J connectivity index is 1.74. The van der Waals surface area contributed by atoms with Crippen LogP contribution < -0.4 is 10.5 Å². The fourth-order valence-corrected chi connectivity index (χ4v) is 2.47. The van der Waals surface area contributed by atoms with E-state index in [0.717, 1.165) is 36.8 Å². The van der Waals surface area contributed by atoms with E-state index in [9.17, 15) is 0 Å². The molecule has 2 N–H and O–H groups in total. The van der Waals surface area contributed by atoms with Gasteiger partial charge in [-0.25, -0.2) is 0 Å². The summed E-state index contributed by atoms with van der Waals surface area (Å²) < 4.78 is 5.78. The highest BCUT2D eigenvalue weighted by Crippen LogP contribution is 2.23. The Morgan fingerprint density at radius 2 is 1.95 bits per heavy atom. The third-order valence-electron chi connectivity index (χ3n) is 3.49. The van der Waals surface area contributed by atoms with Gasteiger partial charge in [-0.05, 0) is 18.2 Å². The maximum atomic E-state index is 5.78. The molecule has 0 radical (unpaired) electrons. The largest absolute Gasteiger partial charge is 0.492 e. The van der Waals surface area contributed by atoms with Crippen LogP contribution in [-0.2, 0) is 19.6 Å². The van der Waals surface area contributed by atoms with Crippen LogP contribution in [0.15, 0.2) is 42.5 Å². The van der Waals surface area contributed by atoms with Crippen LogP contribution in [0.3, 0.4) is 0 Å². The van der Waals surface area contributed by atoms with Gasteiger partial charge in [-0.1, -0.05) is 24.3 Å². The molecule has 3 rings (SSSR count). The van der Waals surface area contributed by atoms with Gasteiger partial charge in [0.1, 0.15) is 12.4 Å². The van der Waals surface area contributed by atoms with Gasteiger partial charge in [0.2, 0.25) is 0 Å². The van der Waals surface area contributed by atoms with Crippen molar-refractivity contribution in [3.63, 3.8) is 0 Å². The smallest absolute Gasteiger partial charge is 0.123 e. The fraction of sp³-hybridized carbons (Fsp3) is 0.312.